The van der Waals surface area contributed by atoms with Gasteiger partial charge in [0, 0.05) is 60.2 Å². The second kappa shape index (κ2) is 13.3. The van der Waals surface area contributed by atoms with E-state index in [1.165, 1.54) is 33.0 Å². The van der Waals surface area contributed by atoms with Crippen LogP contribution in [0.25, 0.3) is 110 Å². The van der Waals surface area contributed by atoms with Gasteiger partial charge in [0.25, 0.3) is 0 Å². The van der Waals surface area contributed by atoms with Crippen LogP contribution in [0.15, 0.2) is 213 Å². The van der Waals surface area contributed by atoms with Crippen LogP contribution in [0.4, 0.5) is 17.1 Å². The molecule has 0 spiro atoms. The van der Waals surface area contributed by atoms with E-state index in [2.05, 4.69) is 195 Å². The van der Waals surface area contributed by atoms with Crippen molar-refractivity contribution in [1.82, 2.24) is 0 Å². The average Bonchev–Trinajstić information content (AvgIpc) is 4.09. The summed E-state index contributed by atoms with van der Waals surface area (Å²) in [6, 6.07) is 71.6. The first-order valence-corrected chi connectivity index (χ1v) is 22.3. The molecule has 0 radical (unpaired) electrons. The van der Waals surface area contributed by atoms with Crippen molar-refractivity contribution in [3.63, 3.8) is 0 Å². The van der Waals surface area contributed by atoms with Crippen molar-refractivity contribution in [2.75, 3.05) is 4.90 Å². The van der Waals surface area contributed by atoms with Crippen LogP contribution in [0, 0.1) is 0 Å². The largest absolute Gasteiger partial charge is 0.456 e. The van der Waals surface area contributed by atoms with E-state index in [-0.39, 0.29) is 5.41 Å². The van der Waals surface area contributed by atoms with Crippen molar-refractivity contribution in [2.24, 2.45) is 0 Å². The molecule has 3 heterocycles. The third-order valence-electron chi connectivity index (χ3n) is 14.1. The second-order valence-corrected chi connectivity index (χ2v) is 18.0. The lowest BCUT2D eigenvalue weighted by molar-refractivity contribution is 0.660. The number of furan rings is 3. The van der Waals surface area contributed by atoms with Crippen LogP contribution in [-0.2, 0) is 5.41 Å². The van der Waals surface area contributed by atoms with Crippen molar-refractivity contribution in [2.45, 2.75) is 19.3 Å². The standard InChI is InChI=1S/C61H39NO3/c1-61(2)50-21-8-5-15-43(50)44-32-31-41(34-51(44)61)62(40-29-27-37(28-30-40)42-18-11-19-46-45-16-6-9-23-53(45)64-58(42)46)52-22-12-20-47-49-35-55-57(48-17-7-10-24-54(48)63-55)56(60(49)65-59(47)52)39-26-25-36-13-3-4-14-38(36)33-39/h3-35H,1-2H3. The van der Waals surface area contributed by atoms with Crippen LogP contribution in [0.1, 0.15) is 25.0 Å². The van der Waals surface area contributed by atoms with Crippen LogP contribution >= 0.6 is 0 Å². The lowest BCUT2D eigenvalue weighted by Crippen LogP contribution is -2.16. The highest BCUT2D eigenvalue weighted by atomic mass is 16.3. The van der Waals surface area contributed by atoms with Gasteiger partial charge in [0.2, 0.25) is 0 Å². The molecule has 0 N–H and O–H groups in total. The van der Waals surface area contributed by atoms with Gasteiger partial charge in [-0.1, -0.05) is 159 Å². The Hall–Kier alpha value is -8.34. The van der Waals surface area contributed by atoms with E-state index in [1.54, 1.807) is 0 Å². The summed E-state index contributed by atoms with van der Waals surface area (Å²) in [6.45, 7) is 4.68. The maximum Gasteiger partial charge on any atom is 0.159 e. The number of hydrogen-bond donors (Lipinski definition) is 0. The normalized spacial score (nSPS) is 13.2. The Kier molecular flexibility index (Phi) is 7.42. The molecule has 65 heavy (non-hydrogen) atoms. The Morgan fingerprint density at radius 2 is 1.02 bits per heavy atom. The maximum atomic E-state index is 7.39. The predicted molar refractivity (Wildman–Crippen MR) is 269 cm³/mol. The van der Waals surface area contributed by atoms with E-state index in [0.717, 1.165) is 105 Å². The molecule has 1 aliphatic rings. The zero-order valence-corrected chi connectivity index (χ0v) is 35.7. The fourth-order valence-corrected chi connectivity index (χ4v) is 10.9. The fraction of sp³-hybridized carbons (Fsp3) is 0.0492. The number of hydrogen-bond acceptors (Lipinski definition) is 4. The van der Waals surface area contributed by atoms with Crippen molar-refractivity contribution in [1.29, 1.82) is 0 Å². The molecule has 14 rings (SSSR count). The van der Waals surface area contributed by atoms with Crippen molar-refractivity contribution in [3.8, 4) is 33.4 Å². The Bertz CT molecular complexity index is 4100. The Balaban J connectivity index is 1.01. The summed E-state index contributed by atoms with van der Waals surface area (Å²) >= 11 is 0. The van der Waals surface area contributed by atoms with Crippen LogP contribution in [0.5, 0.6) is 0 Å². The van der Waals surface area contributed by atoms with Crippen LogP contribution in [0.3, 0.4) is 0 Å². The van der Waals surface area contributed by atoms with Crippen LogP contribution in [0.2, 0.25) is 0 Å². The minimum atomic E-state index is -0.181. The summed E-state index contributed by atoms with van der Waals surface area (Å²) in [7, 11) is 0. The molecular weight excluding hydrogens is 795 g/mol. The number of para-hydroxylation sites is 4. The minimum Gasteiger partial charge on any atom is -0.456 e. The van der Waals surface area contributed by atoms with Crippen molar-refractivity contribution >= 4 is 93.7 Å². The van der Waals surface area contributed by atoms with E-state index in [9.17, 15) is 0 Å². The molecule has 10 aromatic carbocycles. The quantitative estimate of drug-likeness (QED) is 0.173. The van der Waals surface area contributed by atoms with E-state index < -0.39 is 0 Å². The van der Waals surface area contributed by atoms with Crippen molar-refractivity contribution < 1.29 is 13.3 Å². The topological polar surface area (TPSA) is 42.7 Å². The van der Waals surface area contributed by atoms with Gasteiger partial charge in [0.15, 0.2) is 5.58 Å². The van der Waals surface area contributed by atoms with Crippen LogP contribution in [-0.4, -0.2) is 0 Å². The molecule has 4 nitrogen and oxygen atoms in total. The highest BCUT2D eigenvalue weighted by Crippen LogP contribution is 2.53. The van der Waals surface area contributed by atoms with Gasteiger partial charge in [0.1, 0.15) is 27.9 Å². The Morgan fingerprint density at radius 3 is 1.88 bits per heavy atom. The molecule has 0 amide bonds. The predicted octanol–water partition coefficient (Wildman–Crippen LogP) is 17.6. The first-order valence-electron chi connectivity index (χ1n) is 22.3. The zero-order chi connectivity index (χ0) is 43.0. The number of rotatable bonds is 5. The van der Waals surface area contributed by atoms with E-state index in [0.29, 0.717) is 0 Å². The molecule has 0 saturated heterocycles. The first-order chi connectivity index (χ1) is 32.0. The molecule has 13 aromatic rings. The highest BCUT2D eigenvalue weighted by Gasteiger charge is 2.36. The second-order valence-electron chi connectivity index (χ2n) is 18.0. The third kappa shape index (κ3) is 5.19. The summed E-state index contributed by atoms with van der Waals surface area (Å²) in [5.41, 5.74) is 17.4. The molecule has 0 bridgehead atoms. The van der Waals surface area contributed by atoms with Gasteiger partial charge in [-0.05, 0) is 98.8 Å². The summed E-state index contributed by atoms with van der Waals surface area (Å²) in [5, 5.41) is 8.76. The summed E-state index contributed by atoms with van der Waals surface area (Å²) < 4.78 is 20.6. The third-order valence-corrected chi connectivity index (χ3v) is 14.1. The van der Waals surface area contributed by atoms with E-state index in [1.807, 2.05) is 24.3 Å². The maximum absolute atomic E-state index is 7.39. The summed E-state index contributed by atoms with van der Waals surface area (Å²) in [6.07, 6.45) is 0. The number of nitrogens with zero attached hydrogens (tertiary/aromatic N) is 1. The zero-order valence-electron chi connectivity index (χ0n) is 35.7. The van der Waals surface area contributed by atoms with E-state index in [4.69, 9.17) is 13.3 Å². The van der Waals surface area contributed by atoms with Gasteiger partial charge >= 0.3 is 0 Å². The van der Waals surface area contributed by atoms with Gasteiger partial charge in [-0.15, -0.1) is 0 Å². The first kappa shape index (κ1) is 36.2. The molecule has 0 fully saturated rings. The number of anilines is 3. The monoisotopic (exact) mass is 833 g/mol. The molecule has 3 aromatic heterocycles. The van der Waals surface area contributed by atoms with Crippen LogP contribution < -0.4 is 4.90 Å². The summed E-state index contributed by atoms with van der Waals surface area (Å²) in [5.74, 6) is 0. The van der Waals surface area contributed by atoms with E-state index >= 15 is 0 Å². The average molecular weight is 834 g/mol. The Labute approximate surface area is 374 Å². The lowest BCUT2D eigenvalue weighted by atomic mass is 9.82. The van der Waals surface area contributed by atoms with Gasteiger partial charge in [-0.2, -0.15) is 0 Å². The number of fused-ring (bicyclic) bond motifs is 13. The molecule has 0 atom stereocenters. The molecule has 1 aliphatic carbocycles. The fourth-order valence-electron chi connectivity index (χ4n) is 10.9. The van der Waals surface area contributed by atoms with Gasteiger partial charge in [-0.3, -0.25) is 0 Å². The molecule has 0 aliphatic heterocycles. The molecule has 0 unspecified atom stereocenters. The number of benzene rings is 10. The lowest BCUT2D eigenvalue weighted by Gasteiger charge is -2.28. The molecule has 306 valence electrons. The van der Waals surface area contributed by atoms with Gasteiger partial charge < -0.3 is 18.2 Å². The van der Waals surface area contributed by atoms with Gasteiger partial charge in [0.05, 0.1) is 5.69 Å². The molecule has 4 heteroatoms. The smallest absolute Gasteiger partial charge is 0.159 e. The minimum absolute atomic E-state index is 0.181. The van der Waals surface area contributed by atoms with Crippen molar-refractivity contribution in [3.05, 3.63) is 211 Å². The Morgan fingerprint density at radius 1 is 0.369 bits per heavy atom. The SMILES string of the molecule is CC1(C)c2ccccc2-c2ccc(N(c3ccc(-c4cccc5c4oc4ccccc45)cc3)c3cccc4c3oc3c(-c5ccc6ccccc6c5)c5c(cc34)oc3ccccc35)cc21. The summed E-state index contributed by atoms with van der Waals surface area (Å²) in [4.78, 5) is 2.37. The highest BCUT2D eigenvalue weighted by molar-refractivity contribution is 6.25. The molecule has 0 saturated carbocycles. The molecular formula is C61H39NO3. The van der Waals surface area contributed by atoms with Gasteiger partial charge in [-0.25, -0.2) is 0 Å².